The van der Waals surface area contributed by atoms with Crippen LogP contribution in [0.25, 0.3) is 0 Å². The molecule has 3 heteroatoms. The van der Waals surface area contributed by atoms with E-state index in [0.29, 0.717) is 6.42 Å². The van der Waals surface area contributed by atoms with Gasteiger partial charge in [-0.15, -0.1) is 0 Å². The molecule has 0 aromatic rings. The quantitative estimate of drug-likeness (QED) is 0.653. The highest BCUT2D eigenvalue weighted by Crippen LogP contribution is 2.05. The van der Waals surface area contributed by atoms with Crippen molar-refractivity contribution >= 4 is 5.91 Å². The van der Waals surface area contributed by atoms with Gasteiger partial charge in [-0.3, -0.25) is 4.79 Å². The van der Waals surface area contributed by atoms with Gasteiger partial charge in [-0.05, 0) is 12.8 Å². The lowest BCUT2D eigenvalue weighted by Crippen LogP contribution is -2.41. The summed E-state index contributed by atoms with van der Waals surface area (Å²) in [6, 6.07) is -0.0718. The molecular formula is C9H19NO2. The molecule has 3 nitrogen and oxygen atoms in total. The van der Waals surface area contributed by atoms with Gasteiger partial charge in [0.25, 0.3) is 0 Å². The van der Waals surface area contributed by atoms with Crippen molar-refractivity contribution in [1.82, 2.24) is 5.32 Å². The molecule has 0 saturated heterocycles. The van der Waals surface area contributed by atoms with Crippen molar-refractivity contribution in [2.75, 3.05) is 0 Å². The van der Waals surface area contributed by atoms with Crippen LogP contribution in [0.5, 0.6) is 0 Å². The molecule has 72 valence electrons. The van der Waals surface area contributed by atoms with E-state index in [1.807, 2.05) is 13.8 Å². The number of rotatable bonds is 5. The Balaban J connectivity index is 3.93. The van der Waals surface area contributed by atoms with E-state index in [4.69, 9.17) is 0 Å². The first-order valence-electron chi connectivity index (χ1n) is 4.57. The molecule has 1 amide bonds. The Labute approximate surface area is 74.2 Å². The van der Waals surface area contributed by atoms with E-state index in [1.165, 1.54) is 6.92 Å². The highest BCUT2D eigenvalue weighted by molar-refractivity contribution is 5.73. The third kappa shape index (κ3) is 4.34. The van der Waals surface area contributed by atoms with Crippen LogP contribution in [0.3, 0.4) is 0 Å². The standard InChI is InChI=1S/C9H19NO2/c1-4-6-8(9(12)5-2)10-7(3)11/h8-9,12H,4-6H2,1-3H3,(H,10,11). The first-order chi connectivity index (χ1) is 5.61. The van der Waals surface area contributed by atoms with Crippen molar-refractivity contribution in [2.24, 2.45) is 0 Å². The fourth-order valence-electron chi connectivity index (χ4n) is 1.22. The summed E-state index contributed by atoms with van der Waals surface area (Å²) in [5, 5.41) is 12.2. The normalized spacial score (nSPS) is 15.3. The molecular weight excluding hydrogens is 154 g/mol. The Morgan fingerprint density at radius 2 is 2.08 bits per heavy atom. The second-order valence-electron chi connectivity index (χ2n) is 3.07. The number of amides is 1. The van der Waals surface area contributed by atoms with Gasteiger partial charge >= 0.3 is 0 Å². The van der Waals surface area contributed by atoms with Crippen LogP contribution in [-0.4, -0.2) is 23.2 Å². The van der Waals surface area contributed by atoms with Crippen molar-refractivity contribution in [3.63, 3.8) is 0 Å². The number of carbonyl (C=O) groups excluding carboxylic acids is 1. The van der Waals surface area contributed by atoms with Gasteiger partial charge in [-0.25, -0.2) is 0 Å². The molecule has 0 bridgehead atoms. The summed E-state index contributed by atoms with van der Waals surface area (Å²) in [6.07, 6.45) is 2.09. The fraction of sp³-hybridized carbons (Fsp3) is 0.889. The van der Waals surface area contributed by atoms with Crippen LogP contribution < -0.4 is 5.32 Å². The summed E-state index contributed by atoms with van der Waals surface area (Å²) in [7, 11) is 0. The van der Waals surface area contributed by atoms with Gasteiger partial charge in [0.1, 0.15) is 0 Å². The summed E-state index contributed by atoms with van der Waals surface area (Å²) in [6.45, 7) is 5.43. The Bertz CT molecular complexity index is 136. The molecule has 0 aliphatic carbocycles. The molecule has 0 aromatic carbocycles. The number of aliphatic hydroxyl groups is 1. The van der Waals surface area contributed by atoms with E-state index in [0.717, 1.165) is 12.8 Å². The predicted molar refractivity (Wildman–Crippen MR) is 48.8 cm³/mol. The minimum atomic E-state index is -0.408. The predicted octanol–water partition coefficient (Wildman–Crippen LogP) is 1.06. The van der Waals surface area contributed by atoms with Gasteiger partial charge in [0.2, 0.25) is 5.91 Å². The van der Waals surface area contributed by atoms with E-state index in [1.54, 1.807) is 0 Å². The highest BCUT2D eigenvalue weighted by Gasteiger charge is 2.16. The molecule has 2 atom stereocenters. The third-order valence-corrected chi connectivity index (χ3v) is 1.87. The Morgan fingerprint density at radius 3 is 2.42 bits per heavy atom. The monoisotopic (exact) mass is 173 g/mol. The largest absolute Gasteiger partial charge is 0.391 e. The number of hydrogen-bond donors (Lipinski definition) is 2. The first kappa shape index (κ1) is 11.4. The molecule has 0 rings (SSSR count). The van der Waals surface area contributed by atoms with Crippen LogP contribution in [0, 0.1) is 0 Å². The fourth-order valence-corrected chi connectivity index (χ4v) is 1.22. The second kappa shape index (κ2) is 6.00. The summed E-state index contributed by atoms with van der Waals surface area (Å²) < 4.78 is 0. The van der Waals surface area contributed by atoms with Crippen molar-refractivity contribution in [2.45, 2.75) is 52.2 Å². The molecule has 0 spiro atoms. The minimum absolute atomic E-state index is 0.0686. The van der Waals surface area contributed by atoms with E-state index in [9.17, 15) is 9.90 Å². The van der Waals surface area contributed by atoms with E-state index < -0.39 is 6.10 Å². The zero-order valence-corrected chi connectivity index (χ0v) is 8.13. The number of carbonyl (C=O) groups is 1. The average molecular weight is 173 g/mol. The van der Waals surface area contributed by atoms with E-state index in [2.05, 4.69) is 5.32 Å². The van der Waals surface area contributed by atoms with Gasteiger partial charge in [-0.2, -0.15) is 0 Å². The molecule has 12 heavy (non-hydrogen) atoms. The van der Waals surface area contributed by atoms with Crippen molar-refractivity contribution in [1.29, 1.82) is 0 Å². The molecule has 0 radical (unpaired) electrons. The Morgan fingerprint density at radius 1 is 1.50 bits per heavy atom. The van der Waals surface area contributed by atoms with Crippen LogP contribution >= 0.6 is 0 Å². The van der Waals surface area contributed by atoms with Gasteiger partial charge < -0.3 is 10.4 Å². The molecule has 0 saturated carbocycles. The van der Waals surface area contributed by atoms with E-state index in [-0.39, 0.29) is 11.9 Å². The number of nitrogens with one attached hydrogen (secondary N) is 1. The lowest BCUT2D eigenvalue weighted by atomic mass is 10.0. The SMILES string of the molecule is CCCC(NC(C)=O)C(O)CC. The molecule has 2 N–H and O–H groups in total. The average Bonchev–Trinajstić information content (AvgIpc) is 2.01. The van der Waals surface area contributed by atoms with Gasteiger partial charge in [-0.1, -0.05) is 20.3 Å². The summed E-state index contributed by atoms with van der Waals surface area (Å²) in [4.78, 5) is 10.7. The summed E-state index contributed by atoms with van der Waals surface area (Å²) in [5.41, 5.74) is 0. The maximum absolute atomic E-state index is 10.7. The molecule has 0 aliphatic rings. The van der Waals surface area contributed by atoms with Crippen LogP contribution in [0.15, 0.2) is 0 Å². The molecule has 0 heterocycles. The van der Waals surface area contributed by atoms with Crippen LogP contribution in [0.4, 0.5) is 0 Å². The van der Waals surface area contributed by atoms with Crippen molar-refractivity contribution < 1.29 is 9.90 Å². The zero-order chi connectivity index (χ0) is 9.56. The van der Waals surface area contributed by atoms with Gasteiger partial charge in [0.05, 0.1) is 12.1 Å². The second-order valence-corrected chi connectivity index (χ2v) is 3.07. The van der Waals surface area contributed by atoms with Gasteiger partial charge in [0.15, 0.2) is 0 Å². The zero-order valence-electron chi connectivity index (χ0n) is 8.13. The molecule has 0 aliphatic heterocycles. The molecule has 0 fully saturated rings. The van der Waals surface area contributed by atoms with Crippen LogP contribution in [-0.2, 0) is 4.79 Å². The number of hydrogen-bond acceptors (Lipinski definition) is 2. The van der Waals surface area contributed by atoms with Crippen molar-refractivity contribution in [3.8, 4) is 0 Å². The lowest BCUT2D eigenvalue weighted by molar-refractivity contribution is -0.120. The van der Waals surface area contributed by atoms with Crippen LogP contribution in [0.1, 0.15) is 40.0 Å². The topological polar surface area (TPSA) is 49.3 Å². The molecule has 2 unspecified atom stereocenters. The first-order valence-corrected chi connectivity index (χ1v) is 4.57. The summed E-state index contributed by atoms with van der Waals surface area (Å²) in [5.74, 6) is -0.0686. The van der Waals surface area contributed by atoms with E-state index >= 15 is 0 Å². The van der Waals surface area contributed by atoms with Crippen molar-refractivity contribution in [3.05, 3.63) is 0 Å². The molecule has 0 aromatic heterocycles. The smallest absolute Gasteiger partial charge is 0.217 e. The maximum atomic E-state index is 10.7. The van der Waals surface area contributed by atoms with Crippen LogP contribution in [0.2, 0.25) is 0 Å². The highest BCUT2D eigenvalue weighted by atomic mass is 16.3. The maximum Gasteiger partial charge on any atom is 0.217 e. The Kier molecular flexibility index (Phi) is 5.72. The minimum Gasteiger partial charge on any atom is -0.391 e. The Hall–Kier alpha value is -0.570. The summed E-state index contributed by atoms with van der Waals surface area (Å²) >= 11 is 0. The third-order valence-electron chi connectivity index (χ3n) is 1.87. The lowest BCUT2D eigenvalue weighted by Gasteiger charge is -2.21. The van der Waals surface area contributed by atoms with Gasteiger partial charge in [0, 0.05) is 6.92 Å². The number of aliphatic hydroxyl groups excluding tert-OH is 1.